The molecule has 0 saturated carbocycles. The summed E-state index contributed by atoms with van der Waals surface area (Å²) >= 11 is 0. The van der Waals surface area contributed by atoms with Gasteiger partial charge in [-0.2, -0.15) is 5.10 Å². The van der Waals surface area contributed by atoms with Crippen LogP contribution in [0.5, 0.6) is 11.5 Å². The molecule has 256 valence electrons. The zero-order valence-electron chi connectivity index (χ0n) is 27.6. The van der Waals surface area contributed by atoms with Gasteiger partial charge >= 0.3 is 0 Å². The second kappa shape index (κ2) is 15.5. The van der Waals surface area contributed by atoms with E-state index >= 15 is 0 Å². The number of methoxy groups -OCH3 is 1. The molecule has 4 aromatic rings. The molecule has 1 fully saturated rings. The second-order valence-electron chi connectivity index (χ2n) is 11.4. The molecule has 5 rings (SSSR count). The Morgan fingerprint density at radius 1 is 1.04 bits per heavy atom. The third-order valence-electron chi connectivity index (χ3n) is 8.00. The average Bonchev–Trinajstić information content (AvgIpc) is 3.61. The fourth-order valence-electron chi connectivity index (χ4n) is 5.61. The van der Waals surface area contributed by atoms with Crippen molar-refractivity contribution in [3.05, 3.63) is 59.3 Å². The molecule has 1 aliphatic rings. The lowest BCUT2D eigenvalue weighted by Gasteiger charge is -2.26. The van der Waals surface area contributed by atoms with Crippen molar-refractivity contribution < 1.29 is 23.8 Å². The van der Waals surface area contributed by atoms with Crippen molar-refractivity contribution in [2.24, 2.45) is 11.5 Å². The molecule has 2 amide bonds. The molecule has 48 heavy (non-hydrogen) atoms. The number of nitrogens with two attached hydrogens (primary N) is 3. The average molecular weight is 661 g/mol. The molecule has 2 aromatic carbocycles. The Morgan fingerprint density at radius 3 is 2.48 bits per heavy atom. The van der Waals surface area contributed by atoms with Gasteiger partial charge in [0.25, 0.3) is 0 Å². The number of fused-ring (bicyclic) bond motifs is 1. The minimum atomic E-state index is -0.594. The predicted molar refractivity (Wildman–Crippen MR) is 185 cm³/mol. The van der Waals surface area contributed by atoms with E-state index in [-0.39, 0.29) is 5.56 Å². The summed E-state index contributed by atoms with van der Waals surface area (Å²) in [4.78, 5) is 31.2. The number of primary amides is 2. The van der Waals surface area contributed by atoms with Gasteiger partial charge in [0, 0.05) is 56.5 Å². The molecule has 1 saturated heterocycles. The normalized spacial score (nSPS) is 13.6. The van der Waals surface area contributed by atoms with Gasteiger partial charge in [-0.25, -0.2) is 9.67 Å². The summed E-state index contributed by atoms with van der Waals surface area (Å²) in [7, 11) is 1.50. The van der Waals surface area contributed by atoms with E-state index in [4.69, 9.17) is 36.4 Å². The van der Waals surface area contributed by atoms with Crippen molar-refractivity contribution in [2.45, 2.75) is 33.4 Å². The Labute approximate surface area is 279 Å². The molecule has 15 heteroatoms. The lowest BCUT2D eigenvalue weighted by atomic mass is 10.1. The molecule has 0 atom stereocenters. The first-order valence-corrected chi connectivity index (χ1v) is 15.9. The van der Waals surface area contributed by atoms with Gasteiger partial charge in [-0.15, -0.1) is 0 Å². The topological polar surface area (TPSA) is 203 Å². The van der Waals surface area contributed by atoms with Crippen molar-refractivity contribution in [1.82, 2.24) is 24.2 Å². The molecule has 2 aromatic heterocycles. The number of rotatable bonds is 16. The number of nitrogens with one attached hydrogen (secondary N) is 2. The monoisotopic (exact) mass is 660 g/mol. The third kappa shape index (κ3) is 7.98. The van der Waals surface area contributed by atoms with Gasteiger partial charge in [0.05, 0.1) is 43.8 Å². The molecule has 1 aliphatic heterocycles. The first kappa shape index (κ1) is 34.1. The molecule has 8 N–H and O–H groups in total. The Morgan fingerprint density at radius 2 is 1.77 bits per heavy atom. The van der Waals surface area contributed by atoms with Crippen LogP contribution in [0.3, 0.4) is 0 Å². The summed E-state index contributed by atoms with van der Waals surface area (Å²) in [5.41, 5.74) is 20.9. The number of aryl methyl sites for hydroxylation is 2. The van der Waals surface area contributed by atoms with Crippen LogP contribution in [0.25, 0.3) is 11.0 Å². The number of imidazole rings is 1. The number of aromatic nitrogens is 4. The maximum Gasteiger partial charge on any atom is 0.248 e. The molecule has 0 radical (unpaired) electrons. The minimum absolute atomic E-state index is 0.260. The summed E-state index contributed by atoms with van der Waals surface area (Å²) in [6.45, 7) is 10.0. The molecular formula is C33H44N10O5. The SMILES string of the molecule is CCn1nc(C)cc1Nc1nc2cc(C(N)=O)cc(OCCCN3CCOCC3)c2n1C/C=C/CNc1c(N)cc(C(N)=O)cc1OC. The Hall–Kier alpha value is -5.28. The van der Waals surface area contributed by atoms with E-state index in [0.717, 1.165) is 56.3 Å². The molecule has 0 unspecified atom stereocenters. The van der Waals surface area contributed by atoms with E-state index in [1.807, 2.05) is 41.3 Å². The first-order valence-electron chi connectivity index (χ1n) is 15.9. The number of morpholine rings is 1. The largest absolute Gasteiger partial charge is 0.494 e. The fraction of sp³-hybridized carbons (Fsp3) is 0.394. The summed E-state index contributed by atoms with van der Waals surface area (Å²) in [6.07, 6.45) is 4.72. The van der Waals surface area contributed by atoms with Crippen LogP contribution < -0.4 is 37.3 Å². The van der Waals surface area contributed by atoms with Crippen LogP contribution in [0.2, 0.25) is 0 Å². The van der Waals surface area contributed by atoms with E-state index in [1.54, 1.807) is 18.2 Å². The molecule has 3 heterocycles. The maximum absolute atomic E-state index is 12.3. The molecule has 15 nitrogen and oxygen atoms in total. The van der Waals surface area contributed by atoms with Crippen LogP contribution in [-0.2, 0) is 17.8 Å². The van der Waals surface area contributed by atoms with Crippen LogP contribution in [0.1, 0.15) is 39.8 Å². The van der Waals surface area contributed by atoms with Gasteiger partial charge < -0.3 is 46.6 Å². The van der Waals surface area contributed by atoms with Crippen LogP contribution in [-0.4, -0.2) is 89.2 Å². The van der Waals surface area contributed by atoms with Gasteiger partial charge in [0.15, 0.2) is 0 Å². The van der Waals surface area contributed by atoms with E-state index in [0.29, 0.717) is 66.1 Å². The zero-order valence-corrected chi connectivity index (χ0v) is 27.6. The van der Waals surface area contributed by atoms with Crippen molar-refractivity contribution in [3.63, 3.8) is 0 Å². The maximum atomic E-state index is 12.3. The van der Waals surface area contributed by atoms with Crippen LogP contribution in [0.15, 0.2) is 42.5 Å². The van der Waals surface area contributed by atoms with Gasteiger partial charge in [-0.05, 0) is 44.5 Å². The highest BCUT2D eigenvalue weighted by Gasteiger charge is 2.20. The van der Waals surface area contributed by atoms with Gasteiger partial charge in [0.1, 0.15) is 28.5 Å². The first-order chi connectivity index (χ1) is 23.2. The number of amides is 2. The number of carbonyl (C=O) groups is 2. The van der Waals surface area contributed by atoms with E-state index in [9.17, 15) is 9.59 Å². The van der Waals surface area contributed by atoms with Crippen molar-refractivity contribution in [2.75, 3.05) is 69.5 Å². The lowest BCUT2D eigenvalue weighted by Crippen LogP contribution is -2.37. The summed E-state index contributed by atoms with van der Waals surface area (Å²) in [6, 6.07) is 8.37. The number of benzene rings is 2. The third-order valence-corrected chi connectivity index (χ3v) is 8.00. The highest BCUT2D eigenvalue weighted by molar-refractivity contribution is 5.99. The van der Waals surface area contributed by atoms with Crippen molar-refractivity contribution in [1.29, 1.82) is 0 Å². The highest BCUT2D eigenvalue weighted by atomic mass is 16.5. The quantitative estimate of drug-likeness (QED) is 0.0672. The van der Waals surface area contributed by atoms with Gasteiger partial charge in [0.2, 0.25) is 17.8 Å². The van der Waals surface area contributed by atoms with E-state index in [1.165, 1.54) is 13.2 Å². The molecular weight excluding hydrogens is 616 g/mol. The summed E-state index contributed by atoms with van der Waals surface area (Å²) in [5.74, 6) is 1.09. The van der Waals surface area contributed by atoms with Crippen molar-refractivity contribution in [3.8, 4) is 11.5 Å². The number of hydrogen-bond donors (Lipinski definition) is 5. The number of ether oxygens (including phenoxy) is 3. The van der Waals surface area contributed by atoms with Crippen LogP contribution in [0.4, 0.5) is 23.1 Å². The van der Waals surface area contributed by atoms with Gasteiger partial charge in [-0.3, -0.25) is 14.5 Å². The number of carbonyl (C=O) groups excluding carboxylic acids is 2. The predicted octanol–water partition coefficient (Wildman–Crippen LogP) is 2.86. The number of nitrogen functional groups attached to an aromatic ring is 1. The summed E-state index contributed by atoms with van der Waals surface area (Å²) in [5, 5.41) is 11.2. The molecule has 0 spiro atoms. The van der Waals surface area contributed by atoms with E-state index in [2.05, 4.69) is 20.6 Å². The Bertz CT molecular complexity index is 1790. The zero-order chi connectivity index (χ0) is 34.2. The number of allylic oxidation sites excluding steroid dienone is 1. The summed E-state index contributed by atoms with van der Waals surface area (Å²) < 4.78 is 21.1. The molecule has 0 bridgehead atoms. The number of hydrogen-bond acceptors (Lipinski definition) is 11. The lowest BCUT2D eigenvalue weighted by molar-refractivity contribution is 0.0358. The van der Waals surface area contributed by atoms with Crippen LogP contribution >= 0.6 is 0 Å². The number of anilines is 4. The minimum Gasteiger partial charge on any atom is -0.494 e. The van der Waals surface area contributed by atoms with Crippen LogP contribution in [0, 0.1) is 6.92 Å². The van der Waals surface area contributed by atoms with E-state index < -0.39 is 11.8 Å². The number of nitrogens with zero attached hydrogens (tertiary/aromatic N) is 5. The highest BCUT2D eigenvalue weighted by Crippen LogP contribution is 2.34. The standard InChI is InChI=1S/C33H44N10O5/c1-4-43-28(16-21(2)40-43)39-33-38-25-18-23(32(36)45)20-27(48-13-7-9-41-11-14-47-15-12-41)30(25)42(33)10-6-5-8-37-29-24(34)17-22(31(35)44)19-26(29)46-3/h5-6,16-20,37H,4,7-15,34H2,1-3H3,(H2,35,44)(H2,36,45)(H,38,39)/b6-5+. The fourth-order valence-corrected chi connectivity index (χ4v) is 5.61. The Balaban J connectivity index is 1.42. The van der Waals surface area contributed by atoms with Crippen molar-refractivity contribution >= 4 is 46.0 Å². The smallest absolute Gasteiger partial charge is 0.248 e. The molecule has 0 aliphatic carbocycles. The second-order valence-corrected chi connectivity index (χ2v) is 11.4. The Kier molecular flexibility index (Phi) is 11.0. The van der Waals surface area contributed by atoms with Gasteiger partial charge in [-0.1, -0.05) is 12.2 Å².